The summed E-state index contributed by atoms with van der Waals surface area (Å²) in [6.45, 7) is 14.8. The molecule has 1 aliphatic carbocycles. The SMILES string of the molecule is CC(C)C1=C2OCC(C)(C)COC2=C(C(C)C)C1. The van der Waals surface area contributed by atoms with Crippen molar-refractivity contribution in [3.05, 3.63) is 22.7 Å². The third-order valence-electron chi connectivity index (χ3n) is 3.78. The van der Waals surface area contributed by atoms with E-state index in [1.54, 1.807) is 0 Å². The zero-order chi connectivity index (χ0) is 13.5. The van der Waals surface area contributed by atoms with Crippen LogP contribution in [0.15, 0.2) is 22.7 Å². The van der Waals surface area contributed by atoms with Gasteiger partial charge in [-0.2, -0.15) is 0 Å². The molecular weight excluding hydrogens is 224 g/mol. The molecule has 2 heteroatoms. The summed E-state index contributed by atoms with van der Waals surface area (Å²) < 4.78 is 12.2. The van der Waals surface area contributed by atoms with Gasteiger partial charge in [0.05, 0.1) is 13.2 Å². The van der Waals surface area contributed by atoms with Gasteiger partial charge in [-0.3, -0.25) is 0 Å². The Labute approximate surface area is 111 Å². The summed E-state index contributed by atoms with van der Waals surface area (Å²) in [6, 6.07) is 0. The van der Waals surface area contributed by atoms with Crippen LogP contribution in [-0.4, -0.2) is 13.2 Å². The van der Waals surface area contributed by atoms with Gasteiger partial charge in [0.2, 0.25) is 0 Å². The largest absolute Gasteiger partial charge is 0.489 e. The van der Waals surface area contributed by atoms with Gasteiger partial charge in [-0.25, -0.2) is 0 Å². The molecule has 2 aliphatic rings. The quantitative estimate of drug-likeness (QED) is 0.728. The molecule has 1 heterocycles. The Kier molecular flexibility index (Phi) is 3.48. The molecule has 0 unspecified atom stereocenters. The maximum Gasteiger partial charge on any atom is 0.160 e. The van der Waals surface area contributed by atoms with E-state index in [1.165, 1.54) is 11.1 Å². The highest BCUT2D eigenvalue weighted by Crippen LogP contribution is 2.43. The molecule has 0 N–H and O–H groups in total. The zero-order valence-corrected chi connectivity index (χ0v) is 12.6. The molecule has 1 fully saturated rings. The molecule has 2 rings (SSSR count). The Bertz CT molecular complexity index is 361. The minimum atomic E-state index is 0.0918. The Morgan fingerprint density at radius 2 is 1.22 bits per heavy atom. The molecule has 0 atom stereocenters. The number of hydrogen-bond donors (Lipinski definition) is 0. The summed E-state index contributed by atoms with van der Waals surface area (Å²) in [6.07, 6.45) is 1.03. The molecule has 18 heavy (non-hydrogen) atoms. The fraction of sp³-hybridized carbons (Fsp3) is 0.750. The maximum absolute atomic E-state index is 6.09. The molecule has 0 aromatic rings. The second-order valence-electron chi connectivity index (χ2n) is 6.94. The Morgan fingerprint density at radius 3 is 1.56 bits per heavy atom. The second kappa shape index (κ2) is 4.64. The van der Waals surface area contributed by atoms with Crippen LogP contribution in [0.5, 0.6) is 0 Å². The standard InChI is InChI=1S/C16H26O2/c1-10(2)12-7-13(11(3)4)15-14(12)17-8-16(5,6)9-18-15/h10-11H,7-9H2,1-6H3. The average molecular weight is 250 g/mol. The second-order valence-corrected chi connectivity index (χ2v) is 6.94. The van der Waals surface area contributed by atoms with Crippen molar-refractivity contribution in [3.63, 3.8) is 0 Å². The number of ether oxygens (including phenoxy) is 2. The van der Waals surface area contributed by atoms with Crippen LogP contribution in [0.4, 0.5) is 0 Å². The molecule has 0 bridgehead atoms. The molecule has 102 valence electrons. The van der Waals surface area contributed by atoms with Gasteiger partial charge in [0.1, 0.15) is 0 Å². The summed E-state index contributed by atoms with van der Waals surface area (Å²) in [4.78, 5) is 0. The third-order valence-corrected chi connectivity index (χ3v) is 3.78. The molecule has 2 nitrogen and oxygen atoms in total. The van der Waals surface area contributed by atoms with Gasteiger partial charge in [-0.1, -0.05) is 41.5 Å². The predicted molar refractivity (Wildman–Crippen MR) is 74.0 cm³/mol. The van der Waals surface area contributed by atoms with Crippen molar-refractivity contribution in [1.29, 1.82) is 0 Å². The van der Waals surface area contributed by atoms with Crippen molar-refractivity contribution < 1.29 is 9.47 Å². The molecule has 0 amide bonds. The Balaban J connectivity index is 2.38. The Morgan fingerprint density at radius 1 is 0.833 bits per heavy atom. The number of hydrogen-bond acceptors (Lipinski definition) is 2. The fourth-order valence-corrected chi connectivity index (χ4v) is 2.48. The van der Waals surface area contributed by atoms with Gasteiger partial charge in [0.15, 0.2) is 11.5 Å². The average Bonchev–Trinajstić information content (AvgIpc) is 2.55. The van der Waals surface area contributed by atoms with Gasteiger partial charge < -0.3 is 9.47 Å². The van der Waals surface area contributed by atoms with Crippen LogP contribution in [0.2, 0.25) is 0 Å². The first-order chi connectivity index (χ1) is 8.32. The van der Waals surface area contributed by atoms with Crippen LogP contribution in [0.1, 0.15) is 48.0 Å². The Hall–Kier alpha value is -0.920. The molecule has 0 aromatic heterocycles. The number of fused-ring (bicyclic) bond motifs is 1. The van der Waals surface area contributed by atoms with E-state index in [1.807, 2.05) is 0 Å². The van der Waals surface area contributed by atoms with E-state index < -0.39 is 0 Å². The summed E-state index contributed by atoms with van der Waals surface area (Å²) >= 11 is 0. The van der Waals surface area contributed by atoms with E-state index in [0.29, 0.717) is 11.8 Å². The van der Waals surface area contributed by atoms with E-state index in [0.717, 1.165) is 31.2 Å². The summed E-state index contributed by atoms with van der Waals surface area (Å²) in [5.74, 6) is 3.13. The van der Waals surface area contributed by atoms with Crippen LogP contribution >= 0.6 is 0 Å². The number of allylic oxidation sites excluding steroid dienone is 2. The minimum Gasteiger partial charge on any atom is -0.489 e. The van der Waals surface area contributed by atoms with Crippen LogP contribution < -0.4 is 0 Å². The molecule has 0 saturated carbocycles. The van der Waals surface area contributed by atoms with Crippen molar-refractivity contribution >= 4 is 0 Å². The van der Waals surface area contributed by atoms with Crippen LogP contribution in [-0.2, 0) is 9.47 Å². The highest BCUT2D eigenvalue weighted by molar-refractivity contribution is 5.42. The maximum atomic E-state index is 6.09. The molecule has 0 radical (unpaired) electrons. The van der Waals surface area contributed by atoms with Gasteiger partial charge in [-0.15, -0.1) is 0 Å². The smallest absolute Gasteiger partial charge is 0.160 e. The summed E-state index contributed by atoms with van der Waals surface area (Å²) in [5, 5.41) is 0. The topological polar surface area (TPSA) is 18.5 Å². The molecule has 0 spiro atoms. The van der Waals surface area contributed by atoms with Gasteiger partial charge in [-0.05, 0) is 29.4 Å². The van der Waals surface area contributed by atoms with Crippen LogP contribution in [0.25, 0.3) is 0 Å². The molecule has 1 saturated heterocycles. The lowest BCUT2D eigenvalue weighted by Gasteiger charge is -2.20. The summed E-state index contributed by atoms with van der Waals surface area (Å²) in [5.41, 5.74) is 2.91. The van der Waals surface area contributed by atoms with Crippen molar-refractivity contribution in [1.82, 2.24) is 0 Å². The summed E-state index contributed by atoms with van der Waals surface area (Å²) in [7, 11) is 0. The zero-order valence-electron chi connectivity index (χ0n) is 12.6. The van der Waals surface area contributed by atoms with Gasteiger partial charge in [0.25, 0.3) is 0 Å². The van der Waals surface area contributed by atoms with E-state index in [9.17, 15) is 0 Å². The van der Waals surface area contributed by atoms with E-state index in [2.05, 4.69) is 41.5 Å². The van der Waals surface area contributed by atoms with E-state index in [4.69, 9.17) is 9.47 Å². The minimum absolute atomic E-state index is 0.0918. The monoisotopic (exact) mass is 250 g/mol. The molecule has 1 aliphatic heterocycles. The van der Waals surface area contributed by atoms with Gasteiger partial charge in [0, 0.05) is 5.41 Å². The first-order valence-corrected chi connectivity index (χ1v) is 7.04. The van der Waals surface area contributed by atoms with Crippen molar-refractivity contribution in [2.75, 3.05) is 13.2 Å². The highest BCUT2D eigenvalue weighted by atomic mass is 16.5. The van der Waals surface area contributed by atoms with Gasteiger partial charge >= 0.3 is 0 Å². The normalized spacial score (nSPS) is 23.1. The van der Waals surface area contributed by atoms with E-state index in [-0.39, 0.29) is 5.41 Å². The molecule has 0 aromatic carbocycles. The van der Waals surface area contributed by atoms with Crippen molar-refractivity contribution in [2.24, 2.45) is 17.3 Å². The first kappa shape index (κ1) is 13.5. The fourth-order valence-electron chi connectivity index (χ4n) is 2.48. The lowest BCUT2D eigenvalue weighted by atomic mass is 9.94. The lowest BCUT2D eigenvalue weighted by Crippen LogP contribution is -2.22. The van der Waals surface area contributed by atoms with Crippen molar-refractivity contribution in [2.45, 2.75) is 48.0 Å². The van der Waals surface area contributed by atoms with Crippen LogP contribution in [0.3, 0.4) is 0 Å². The van der Waals surface area contributed by atoms with E-state index >= 15 is 0 Å². The number of rotatable bonds is 2. The molecular formula is C16H26O2. The lowest BCUT2D eigenvalue weighted by molar-refractivity contribution is 0.0952. The first-order valence-electron chi connectivity index (χ1n) is 7.04. The predicted octanol–water partition coefficient (Wildman–Crippen LogP) is 4.28. The third kappa shape index (κ3) is 2.43. The highest BCUT2D eigenvalue weighted by Gasteiger charge is 2.35. The van der Waals surface area contributed by atoms with Crippen molar-refractivity contribution in [3.8, 4) is 0 Å². The van der Waals surface area contributed by atoms with Crippen LogP contribution in [0, 0.1) is 17.3 Å².